The van der Waals surface area contributed by atoms with Gasteiger partial charge >= 0.3 is 0 Å². The largest absolute Gasteiger partial charge is 0.314 e. The van der Waals surface area contributed by atoms with Crippen molar-refractivity contribution in [1.82, 2.24) is 5.32 Å². The Balaban J connectivity index is 2.19. The zero-order valence-corrected chi connectivity index (χ0v) is 10.2. The molecule has 0 unspecified atom stereocenters. The van der Waals surface area contributed by atoms with Crippen molar-refractivity contribution in [3.05, 3.63) is 35.9 Å². The molecule has 1 atom stereocenters. The fourth-order valence-electron chi connectivity index (χ4n) is 1.57. The van der Waals surface area contributed by atoms with Crippen molar-refractivity contribution in [3.8, 4) is 0 Å². The number of benzene rings is 1. The second-order valence-electron chi connectivity index (χ2n) is 4.73. The highest BCUT2D eigenvalue weighted by molar-refractivity contribution is 5.14. The van der Waals surface area contributed by atoms with Gasteiger partial charge in [0.2, 0.25) is 0 Å². The SMILES string of the molecule is CC(C)CN[C@@H](C)CCc1ccccc1. The Kier molecular flexibility index (Phi) is 5.41. The van der Waals surface area contributed by atoms with Gasteiger partial charge in [0.05, 0.1) is 0 Å². The topological polar surface area (TPSA) is 12.0 Å². The molecule has 0 aliphatic rings. The van der Waals surface area contributed by atoms with Crippen LogP contribution in [0.3, 0.4) is 0 Å². The van der Waals surface area contributed by atoms with E-state index in [-0.39, 0.29) is 0 Å². The number of hydrogen-bond donors (Lipinski definition) is 1. The smallest absolute Gasteiger partial charge is 0.00420 e. The molecule has 0 aliphatic heterocycles. The van der Waals surface area contributed by atoms with Crippen molar-refractivity contribution in [2.75, 3.05) is 6.54 Å². The fourth-order valence-corrected chi connectivity index (χ4v) is 1.57. The number of rotatable bonds is 6. The van der Waals surface area contributed by atoms with Crippen molar-refractivity contribution < 1.29 is 0 Å². The molecule has 0 saturated carbocycles. The van der Waals surface area contributed by atoms with Crippen LogP contribution in [0.1, 0.15) is 32.8 Å². The molecule has 1 rings (SSSR count). The minimum atomic E-state index is 0.618. The summed E-state index contributed by atoms with van der Waals surface area (Å²) in [5.41, 5.74) is 1.44. The molecule has 0 aromatic heterocycles. The van der Waals surface area contributed by atoms with E-state index in [0.717, 1.165) is 12.5 Å². The van der Waals surface area contributed by atoms with E-state index in [1.807, 2.05) is 0 Å². The lowest BCUT2D eigenvalue weighted by Gasteiger charge is -2.15. The molecule has 0 saturated heterocycles. The molecule has 1 aromatic rings. The Labute approximate surface area is 93.9 Å². The Morgan fingerprint density at radius 1 is 1.07 bits per heavy atom. The van der Waals surface area contributed by atoms with Gasteiger partial charge in [-0.05, 0) is 37.8 Å². The van der Waals surface area contributed by atoms with Crippen LogP contribution in [0, 0.1) is 5.92 Å². The van der Waals surface area contributed by atoms with Gasteiger partial charge in [0, 0.05) is 6.04 Å². The molecule has 0 radical (unpaired) electrons. The summed E-state index contributed by atoms with van der Waals surface area (Å²) in [6.45, 7) is 7.88. The second kappa shape index (κ2) is 6.62. The predicted octanol–water partition coefficient (Wildman–Crippen LogP) is 3.25. The molecule has 1 aromatic carbocycles. The van der Waals surface area contributed by atoms with E-state index >= 15 is 0 Å². The van der Waals surface area contributed by atoms with E-state index in [1.165, 1.54) is 18.4 Å². The Morgan fingerprint density at radius 2 is 1.73 bits per heavy atom. The zero-order chi connectivity index (χ0) is 11.1. The quantitative estimate of drug-likeness (QED) is 0.751. The maximum absolute atomic E-state index is 3.55. The normalized spacial score (nSPS) is 13.1. The summed E-state index contributed by atoms with van der Waals surface area (Å²) >= 11 is 0. The van der Waals surface area contributed by atoms with E-state index in [9.17, 15) is 0 Å². The third-order valence-corrected chi connectivity index (χ3v) is 2.58. The summed E-state index contributed by atoms with van der Waals surface area (Å²) < 4.78 is 0. The van der Waals surface area contributed by atoms with Gasteiger partial charge in [0.15, 0.2) is 0 Å². The van der Waals surface area contributed by atoms with Crippen LogP contribution in [0.4, 0.5) is 0 Å². The molecular formula is C14H23N. The van der Waals surface area contributed by atoms with Gasteiger partial charge < -0.3 is 5.32 Å². The molecule has 0 bridgehead atoms. The van der Waals surface area contributed by atoms with Crippen LogP contribution in [0.2, 0.25) is 0 Å². The van der Waals surface area contributed by atoms with Gasteiger partial charge in [-0.15, -0.1) is 0 Å². The van der Waals surface area contributed by atoms with Crippen LogP contribution in [0.25, 0.3) is 0 Å². The predicted molar refractivity (Wildman–Crippen MR) is 67.1 cm³/mol. The average molecular weight is 205 g/mol. The summed E-state index contributed by atoms with van der Waals surface area (Å²) in [5.74, 6) is 0.740. The lowest BCUT2D eigenvalue weighted by Crippen LogP contribution is -2.29. The van der Waals surface area contributed by atoms with E-state index < -0.39 is 0 Å². The van der Waals surface area contributed by atoms with Crippen LogP contribution in [0.5, 0.6) is 0 Å². The van der Waals surface area contributed by atoms with E-state index in [0.29, 0.717) is 6.04 Å². The van der Waals surface area contributed by atoms with Crippen molar-refractivity contribution in [2.24, 2.45) is 5.92 Å². The molecule has 1 nitrogen and oxygen atoms in total. The highest BCUT2D eigenvalue weighted by Gasteiger charge is 2.02. The first kappa shape index (κ1) is 12.3. The molecule has 0 amide bonds. The monoisotopic (exact) mass is 205 g/mol. The van der Waals surface area contributed by atoms with Gasteiger partial charge in [-0.1, -0.05) is 44.2 Å². The molecule has 0 fully saturated rings. The maximum atomic E-state index is 3.55. The van der Waals surface area contributed by atoms with Crippen LogP contribution in [-0.4, -0.2) is 12.6 Å². The zero-order valence-electron chi connectivity index (χ0n) is 10.2. The molecule has 0 spiro atoms. The van der Waals surface area contributed by atoms with Crippen LogP contribution >= 0.6 is 0 Å². The van der Waals surface area contributed by atoms with Gasteiger partial charge in [0.1, 0.15) is 0 Å². The first-order valence-electron chi connectivity index (χ1n) is 5.96. The van der Waals surface area contributed by atoms with Gasteiger partial charge in [-0.25, -0.2) is 0 Å². The summed E-state index contributed by atoms with van der Waals surface area (Å²) in [4.78, 5) is 0. The molecule has 15 heavy (non-hydrogen) atoms. The average Bonchev–Trinajstić information content (AvgIpc) is 2.25. The van der Waals surface area contributed by atoms with E-state index in [2.05, 4.69) is 56.4 Å². The standard InChI is InChI=1S/C14H23N/c1-12(2)11-15-13(3)9-10-14-7-5-4-6-8-14/h4-8,12-13,15H,9-11H2,1-3H3/t13-/m0/s1. The molecule has 84 valence electrons. The lowest BCUT2D eigenvalue weighted by atomic mass is 10.1. The first-order valence-corrected chi connectivity index (χ1v) is 5.96. The highest BCUT2D eigenvalue weighted by atomic mass is 14.9. The Bertz CT molecular complexity index is 253. The summed E-state index contributed by atoms with van der Waals surface area (Å²) in [7, 11) is 0. The molecule has 0 heterocycles. The van der Waals surface area contributed by atoms with Crippen molar-refractivity contribution in [1.29, 1.82) is 0 Å². The minimum Gasteiger partial charge on any atom is -0.314 e. The number of aryl methyl sites for hydroxylation is 1. The molecule has 1 heteroatoms. The van der Waals surface area contributed by atoms with Crippen LogP contribution in [0.15, 0.2) is 30.3 Å². The number of hydrogen-bond acceptors (Lipinski definition) is 1. The van der Waals surface area contributed by atoms with E-state index in [4.69, 9.17) is 0 Å². The minimum absolute atomic E-state index is 0.618. The van der Waals surface area contributed by atoms with Gasteiger partial charge in [0.25, 0.3) is 0 Å². The Morgan fingerprint density at radius 3 is 2.33 bits per heavy atom. The maximum Gasteiger partial charge on any atom is 0.00420 e. The van der Waals surface area contributed by atoms with Crippen molar-refractivity contribution in [2.45, 2.75) is 39.7 Å². The molecule has 1 N–H and O–H groups in total. The highest BCUT2D eigenvalue weighted by Crippen LogP contribution is 2.04. The van der Waals surface area contributed by atoms with Crippen LogP contribution in [-0.2, 0) is 6.42 Å². The summed E-state index contributed by atoms with van der Waals surface area (Å²) in [5, 5.41) is 3.55. The lowest BCUT2D eigenvalue weighted by molar-refractivity contribution is 0.464. The first-order chi connectivity index (χ1) is 7.18. The van der Waals surface area contributed by atoms with Gasteiger partial charge in [-0.3, -0.25) is 0 Å². The number of nitrogens with one attached hydrogen (secondary N) is 1. The van der Waals surface area contributed by atoms with Crippen LogP contribution < -0.4 is 5.32 Å². The summed E-state index contributed by atoms with van der Waals surface area (Å²) in [6, 6.07) is 11.3. The molecular weight excluding hydrogens is 182 g/mol. The third-order valence-electron chi connectivity index (χ3n) is 2.58. The molecule has 0 aliphatic carbocycles. The second-order valence-corrected chi connectivity index (χ2v) is 4.73. The van der Waals surface area contributed by atoms with Crippen molar-refractivity contribution in [3.63, 3.8) is 0 Å². The van der Waals surface area contributed by atoms with Crippen molar-refractivity contribution >= 4 is 0 Å². The van der Waals surface area contributed by atoms with E-state index in [1.54, 1.807) is 0 Å². The Hall–Kier alpha value is -0.820. The third kappa shape index (κ3) is 5.58. The summed E-state index contributed by atoms with van der Waals surface area (Å²) in [6.07, 6.45) is 2.39. The fraction of sp³-hybridized carbons (Fsp3) is 0.571. The van der Waals surface area contributed by atoms with Gasteiger partial charge in [-0.2, -0.15) is 0 Å².